The van der Waals surface area contributed by atoms with Crippen molar-refractivity contribution in [3.8, 4) is 17.5 Å². The summed E-state index contributed by atoms with van der Waals surface area (Å²) in [5, 5.41) is 15.8. The van der Waals surface area contributed by atoms with Crippen LogP contribution >= 0.6 is 0 Å². The van der Waals surface area contributed by atoms with Crippen molar-refractivity contribution in [1.29, 1.82) is 0 Å². The van der Waals surface area contributed by atoms with Gasteiger partial charge in [0.05, 0.1) is 28.9 Å². The number of nitrogens with one attached hydrogen (secondary N) is 2. The zero-order valence-electron chi connectivity index (χ0n) is 24.0. The van der Waals surface area contributed by atoms with Crippen molar-refractivity contribution in [3.63, 3.8) is 0 Å². The van der Waals surface area contributed by atoms with Gasteiger partial charge in [-0.1, -0.05) is 48.2 Å². The van der Waals surface area contributed by atoms with Gasteiger partial charge in [0.1, 0.15) is 11.4 Å². The molecule has 1 amide bonds. The number of nitrogens with zero attached hydrogens (tertiary/aromatic N) is 5. The van der Waals surface area contributed by atoms with Gasteiger partial charge in [0, 0.05) is 37.6 Å². The molecule has 5 aromatic rings. The fraction of sp³-hybridized carbons (Fsp3) is 0.188. The van der Waals surface area contributed by atoms with E-state index in [1.54, 1.807) is 28.6 Å². The lowest BCUT2D eigenvalue weighted by atomic mass is 10.0. The summed E-state index contributed by atoms with van der Waals surface area (Å²) in [4.78, 5) is 27.8. The van der Waals surface area contributed by atoms with Crippen LogP contribution < -0.4 is 21.9 Å². The van der Waals surface area contributed by atoms with Crippen LogP contribution in [0.15, 0.2) is 78.2 Å². The first kappa shape index (κ1) is 28.0. The quantitative estimate of drug-likeness (QED) is 0.205. The Balaban J connectivity index is 1.62. The van der Waals surface area contributed by atoms with Crippen LogP contribution in [0, 0.1) is 18.8 Å². The summed E-state index contributed by atoms with van der Waals surface area (Å²) in [7, 11) is 3.56. The van der Waals surface area contributed by atoms with Crippen molar-refractivity contribution in [2.24, 2.45) is 14.1 Å². The number of aryl methyl sites for hydroxylation is 2. The Hall–Kier alpha value is -5.56. The van der Waals surface area contributed by atoms with Crippen LogP contribution in [0.1, 0.15) is 45.8 Å². The molecule has 212 valence electrons. The van der Waals surface area contributed by atoms with Crippen LogP contribution in [-0.2, 0) is 14.1 Å². The van der Waals surface area contributed by atoms with E-state index >= 15 is 0 Å². The number of aromatic nitrogens is 5. The average Bonchev–Trinajstić information content (AvgIpc) is 3.45. The third-order valence-electron chi connectivity index (χ3n) is 7.16. The monoisotopic (exact) mass is 560 g/mol. The Bertz CT molecular complexity index is 1940. The largest absolute Gasteiger partial charge is 0.381 e. The summed E-state index contributed by atoms with van der Waals surface area (Å²) >= 11 is 0. The summed E-state index contributed by atoms with van der Waals surface area (Å²) in [6, 6.07) is 16.3. The second-order valence-electron chi connectivity index (χ2n) is 9.93. The Morgan fingerprint density at radius 1 is 1.10 bits per heavy atom. The Morgan fingerprint density at radius 3 is 2.52 bits per heavy atom. The normalized spacial score (nSPS) is 11.5. The van der Waals surface area contributed by atoms with E-state index < -0.39 is 11.9 Å². The SMILES string of the molecule is C=CCNc1c(C(=O)NC(C)c2cc3cccc(C#Cc4cnn(C)c4C)c3c(=O)n2-c2ccccc2)c(N)nn1C. The van der Waals surface area contributed by atoms with Gasteiger partial charge in [-0.05, 0) is 43.5 Å². The first-order valence-electron chi connectivity index (χ1n) is 13.4. The van der Waals surface area contributed by atoms with Crippen molar-refractivity contribution in [2.45, 2.75) is 19.9 Å². The highest BCUT2D eigenvalue weighted by Crippen LogP contribution is 2.26. The molecule has 5 rings (SSSR count). The lowest BCUT2D eigenvalue weighted by Gasteiger charge is -2.21. The second-order valence-corrected chi connectivity index (χ2v) is 9.93. The Morgan fingerprint density at radius 2 is 1.83 bits per heavy atom. The van der Waals surface area contributed by atoms with E-state index in [9.17, 15) is 9.59 Å². The van der Waals surface area contributed by atoms with Gasteiger partial charge in [-0.3, -0.25) is 23.5 Å². The van der Waals surface area contributed by atoms with E-state index in [0.717, 1.165) is 11.3 Å². The van der Waals surface area contributed by atoms with Gasteiger partial charge in [0.15, 0.2) is 5.82 Å². The molecule has 4 N–H and O–H groups in total. The van der Waals surface area contributed by atoms with Crippen LogP contribution in [0.4, 0.5) is 11.6 Å². The molecule has 0 aliphatic carbocycles. The number of hydrogen-bond donors (Lipinski definition) is 3. The predicted octanol–water partition coefficient (Wildman–Crippen LogP) is 3.84. The van der Waals surface area contributed by atoms with E-state index in [1.165, 1.54) is 4.68 Å². The van der Waals surface area contributed by atoms with Crippen molar-refractivity contribution < 1.29 is 4.79 Å². The Kier molecular flexibility index (Phi) is 7.67. The molecule has 0 bridgehead atoms. The number of pyridine rings is 1. The number of rotatable bonds is 7. The molecule has 3 aromatic heterocycles. The summed E-state index contributed by atoms with van der Waals surface area (Å²) in [6.45, 7) is 7.92. The maximum absolute atomic E-state index is 14.3. The van der Waals surface area contributed by atoms with Crippen LogP contribution in [-0.4, -0.2) is 36.6 Å². The lowest BCUT2D eigenvalue weighted by molar-refractivity contribution is 0.0940. The first-order valence-corrected chi connectivity index (χ1v) is 13.4. The zero-order valence-corrected chi connectivity index (χ0v) is 24.0. The highest BCUT2D eigenvalue weighted by Gasteiger charge is 2.25. The number of fused-ring (bicyclic) bond motifs is 1. The molecule has 3 heterocycles. The molecule has 0 spiro atoms. The number of hydrogen-bond acceptors (Lipinski definition) is 6. The minimum atomic E-state index is -0.575. The van der Waals surface area contributed by atoms with E-state index in [4.69, 9.17) is 5.73 Å². The standard InChI is InChI=1S/C32H32N8O2/c1-6-17-34-30-28(29(33)37-39(30)5)31(41)36-20(2)26-18-23-12-10-11-22(15-16-24-19-35-38(4)21(24)3)27(23)32(42)40(26)25-13-8-7-9-14-25/h6-14,18-20,34H,1,17H2,2-5H3,(H2,33,37)(H,36,41). The molecule has 10 heteroatoms. The van der Waals surface area contributed by atoms with Gasteiger partial charge in [-0.15, -0.1) is 6.58 Å². The maximum Gasteiger partial charge on any atom is 0.264 e. The minimum absolute atomic E-state index is 0.0970. The van der Waals surface area contributed by atoms with Gasteiger partial charge < -0.3 is 16.4 Å². The van der Waals surface area contributed by atoms with Crippen LogP contribution in [0.25, 0.3) is 16.5 Å². The van der Waals surface area contributed by atoms with Crippen LogP contribution in [0.2, 0.25) is 0 Å². The van der Waals surface area contributed by atoms with E-state index in [-0.39, 0.29) is 16.9 Å². The molecular weight excluding hydrogens is 528 g/mol. The van der Waals surface area contributed by atoms with Gasteiger partial charge >= 0.3 is 0 Å². The lowest BCUT2D eigenvalue weighted by Crippen LogP contribution is -2.32. The Labute approximate surface area is 243 Å². The van der Waals surface area contributed by atoms with Crippen molar-refractivity contribution >= 4 is 28.3 Å². The smallest absolute Gasteiger partial charge is 0.264 e. The van der Waals surface area contributed by atoms with Gasteiger partial charge in [0.2, 0.25) is 0 Å². The minimum Gasteiger partial charge on any atom is -0.381 e. The topological polar surface area (TPSA) is 125 Å². The number of nitrogen functional groups attached to an aromatic ring is 1. The maximum atomic E-state index is 14.3. The van der Waals surface area contributed by atoms with Crippen LogP contribution in [0.5, 0.6) is 0 Å². The summed E-state index contributed by atoms with van der Waals surface area (Å²) in [6.07, 6.45) is 3.39. The van der Waals surface area contributed by atoms with Crippen molar-refractivity contribution in [2.75, 3.05) is 17.6 Å². The van der Waals surface area contributed by atoms with E-state index in [0.29, 0.717) is 40.1 Å². The number of para-hydroxylation sites is 1. The van der Waals surface area contributed by atoms with Crippen molar-refractivity contribution in [1.82, 2.24) is 29.4 Å². The number of carbonyl (C=O) groups excluding carboxylic acids is 1. The number of benzene rings is 2. The van der Waals surface area contributed by atoms with Crippen LogP contribution in [0.3, 0.4) is 0 Å². The highest BCUT2D eigenvalue weighted by atomic mass is 16.2. The third-order valence-corrected chi connectivity index (χ3v) is 7.16. The number of amides is 1. The molecule has 0 aliphatic rings. The molecule has 0 saturated carbocycles. The highest BCUT2D eigenvalue weighted by molar-refractivity contribution is 6.03. The molecule has 42 heavy (non-hydrogen) atoms. The second kappa shape index (κ2) is 11.5. The molecule has 2 aromatic carbocycles. The summed E-state index contributed by atoms with van der Waals surface area (Å²) in [5.41, 5.74) is 9.71. The number of anilines is 2. The van der Waals surface area contributed by atoms with Gasteiger partial charge in [-0.25, -0.2) is 0 Å². The molecule has 0 aliphatic heterocycles. The summed E-state index contributed by atoms with van der Waals surface area (Å²) in [5.74, 6) is 6.51. The molecule has 0 radical (unpaired) electrons. The number of carbonyl (C=O) groups is 1. The van der Waals surface area contributed by atoms with Crippen molar-refractivity contribution in [3.05, 3.63) is 112 Å². The summed E-state index contributed by atoms with van der Waals surface area (Å²) < 4.78 is 4.90. The molecule has 0 saturated heterocycles. The van der Waals surface area contributed by atoms with E-state index in [2.05, 4.69) is 39.3 Å². The number of nitrogens with two attached hydrogens (primary N) is 1. The van der Waals surface area contributed by atoms with Gasteiger partial charge in [-0.2, -0.15) is 10.2 Å². The third kappa shape index (κ3) is 5.15. The first-order chi connectivity index (χ1) is 20.2. The molecular formula is C32H32N8O2. The average molecular weight is 561 g/mol. The molecule has 10 nitrogen and oxygen atoms in total. The fourth-order valence-corrected chi connectivity index (χ4v) is 4.89. The molecule has 1 atom stereocenters. The zero-order chi connectivity index (χ0) is 30.0. The predicted molar refractivity (Wildman–Crippen MR) is 166 cm³/mol. The molecule has 1 unspecified atom stereocenters. The fourth-order valence-electron chi connectivity index (χ4n) is 4.89. The molecule has 0 fully saturated rings. The van der Waals surface area contributed by atoms with E-state index in [1.807, 2.05) is 75.5 Å². The van der Waals surface area contributed by atoms with Gasteiger partial charge in [0.25, 0.3) is 11.5 Å².